The van der Waals surface area contributed by atoms with E-state index in [0.717, 1.165) is 36.1 Å². The van der Waals surface area contributed by atoms with E-state index in [2.05, 4.69) is 56.5 Å². The molecule has 1 N–H and O–H groups in total. The van der Waals surface area contributed by atoms with E-state index in [1.54, 1.807) is 11.3 Å². The summed E-state index contributed by atoms with van der Waals surface area (Å²) in [5.74, 6) is 5.23. The van der Waals surface area contributed by atoms with Crippen LogP contribution in [0, 0.1) is 29.6 Å². The van der Waals surface area contributed by atoms with Crippen molar-refractivity contribution in [3.05, 3.63) is 21.9 Å². The third-order valence-electron chi connectivity index (χ3n) is 6.28. The maximum absolute atomic E-state index is 3.83. The van der Waals surface area contributed by atoms with Gasteiger partial charge in [-0.2, -0.15) is 0 Å². The summed E-state index contributed by atoms with van der Waals surface area (Å²) in [4.78, 5) is 3.13. The molecule has 0 spiro atoms. The summed E-state index contributed by atoms with van der Waals surface area (Å²) < 4.78 is 0. The van der Waals surface area contributed by atoms with Gasteiger partial charge >= 0.3 is 0 Å². The van der Waals surface area contributed by atoms with Gasteiger partial charge in [0, 0.05) is 15.8 Å². The molecule has 1 aromatic rings. The Morgan fingerprint density at radius 3 is 2.38 bits per heavy atom. The summed E-state index contributed by atoms with van der Waals surface area (Å²) in [6.07, 6.45) is 4.61. The molecule has 5 atom stereocenters. The van der Waals surface area contributed by atoms with Crippen molar-refractivity contribution in [3.8, 4) is 0 Å². The first-order valence-electron chi connectivity index (χ1n) is 8.84. The Hall–Kier alpha value is -0.340. The standard InChI is InChI=1S/C19H29NS/c1-5-20-18(13-8-9-14(21-13)19(2,3)4)17-15-11-6-7-12(10-11)16(15)17/h8-9,11-12,15-18,20H,5-7,10H2,1-4H3. The minimum Gasteiger partial charge on any atom is -0.309 e. The van der Waals surface area contributed by atoms with Gasteiger partial charge in [-0.3, -0.25) is 0 Å². The van der Waals surface area contributed by atoms with Crippen molar-refractivity contribution in [2.45, 2.75) is 58.4 Å². The Kier molecular flexibility index (Phi) is 3.28. The van der Waals surface area contributed by atoms with E-state index in [4.69, 9.17) is 0 Å². The van der Waals surface area contributed by atoms with E-state index in [0.29, 0.717) is 6.04 Å². The quantitative estimate of drug-likeness (QED) is 0.826. The van der Waals surface area contributed by atoms with Crippen molar-refractivity contribution < 1.29 is 0 Å². The van der Waals surface area contributed by atoms with Crippen LogP contribution in [0.25, 0.3) is 0 Å². The van der Waals surface area contributed by atoms with Crippen molar-refractivity contribution in [2.24, 2.45) is 29.6 Å². The summed E-state index contributed by atoms with van der Waals surface area (Å²) in [6, 6.07) is 5.42. The van der Waals surface area contributed by atoms with E-state index in [9.17, 15) is 0 Å². The maximum atomic E-state index is 3.83. The molecule has 0 aliphatic heterocycles. The summed E-state index contributed by atoms with van der Waals surface area (Å²) >= 11 is 2.06. The number of nitrogens with one attached hydrogen (secondary N) is 1. The zero-order chi connectivity index (χ0) is 14.8. The highest BCUT2D eigenvalue weighted by atomic mass is 32.1. The molecule has 0 radical (unpaired) electrons. The Bertz CT molecular complexity index is 510. The monoisotopic (exact) mass is 303 g/mol. The number of hydrogen-bond donors (Lipinski definition) is 1. The van der Waals surface area contributed by atoms with Gasteiger partial charge in [-0.15, -0.1) is 11.3 Å². The van der Waals surface area contributed by atoms with Crippen molar-refractivity contribution in [3.63, 3.8) is 0 Å². The second-order valence-electron chi connectivity index (χ2n) is 8.55. The normalized spacial score (nSPS) is 38.6. The van der Waals surface area contributed by atoms with E-state index >= 15 is 0 Å². The zero-order valence-corrected chi connectivity index (χ0v) is 14.7. The highest BCUT2D eigenvalue weighted by Gasteiger charge is 2.66. The number of thiophene rings is 1. The molecule has 3 fully saturated rings. The van der Waals surface area contributed by atoms with Crippen molar-refractivity contribution >= 4 is 11.3 Å². The molecule has 3 aliphatic rings. The fourth-order valence-electron chi connectivity index (χ4n) is 5.41. The smallest absolute Gasteiger partial charge is 0.0449 e. The van der Waals surface area contributed by atoms with Gasteiger partial charge in [-0.25, -0.2) is 0 Å². The van der Waals surface area contributed by atoms with Crippen LogP contribution in [0.5, 0.6) is 0 Å². The maximum Gasteiger partial charge on any atom is 0.0449 e. The van der Waals surface area contributed by atoms with Gasteiger partial charge in [0.05, 0.1) is 0 Å². The van der Waals surface area contributed by atoms with Gasteiger partial charge in [-0.05, 0) is 72.9 Å². The van der Waals surface area contributed by atoms with Crippen molar-refractivity contribution in [1.82, 2.24) is 5.32 Å². The average molecular weight is 304 g/mol. The van der Waals surface area contributed by atoms with E-state index in [-0.39, 0.29) is 5.41 Å². The van der Waals surface area contributed by atoms with Crippen LogP contribution in [-0.4, -0.2) is 6.54 Å². The molecular formula is C19H29NS. The molecule has 0 aromatic carbocycles. The van der Waals surface area contributed by atoms with Crippen LogP contribution in [0.2, 0.25) is 0 Å². The van der Waals surface area contributed by atoms with Crippen LogP contribution in [0.3, 0.4) is 0 Å². The van der Waals surface area contributed by atoms with Crippen molar-refractivity contribution in [2.75, 3.05) is 6.54 Å². The number of hydrogen-bond acceptors (Lipinski definition) is 2. The van der Waals surface area contributed by atoms with E-state index in [1.165, 1.54) is 17.7 Å². The predicted molar refractivity (Wildman–Crippen MR) is 90.7 cm³/mol. The Morgan fingerprint density at radius 2 is 1.86 bits per heavy atom. The first-order valence-corrected chi connectivity index (χ1v) is 9.66. The third kappa shape index (κ3) is 2.21. The fourth-order valence-corrected chi connectivity index (χ4v) is 6.61. The fraction of sp³-hybridized carbons (Fsp3) is 0.789. The molecule has 3 saturated carbocycles. The highest BCUT2D eigenvalue weighted by Crippen LogP contribution is 2.72. The Labute approximate surface area is 133 Å². The number of rotatable bonds is 4. The topological polar surface area (TPSA) is 12.0 Å². The van der Waals surface area contributed by atoms with Crippen LogP contribution in [0.15, 0.2) is 12.1 Å². The summed E-state index contributed by atoms with van der Waals surface area (Å²) in [6.45, 7) is 10.3. The molecule has 0 amide bonds. The zero-order valence-electron chi connectivity index (χ0n) is 13.9. The lowest BCUT2D eigenvalue weighted by atomic mass is 9.94. The third-order valence-corrected chi connectivity index (χ3v) is 7.87. The highest BCUT2D eigenvalue weighted by molar-refractivity contribution is 7.12. The second-order valence-corrected chi connectivity index (χ2v) is 9.67. The van der Waals surface area contributed by atoms with E-state index in [1.807, 2.05) is 0 Å². The molecule has 116 valence electrons. The molecule has 0 saturated heterocycles. The molecule has 5 unspecified atom stereocenters. The SMILES string of the molecule is CCNC(c1ccc(C(C)(C)C)s1)C1C2C3CCC(C3)C21. The molecule has 1 heterocycles. The Morgan fingerprint density at radius 1 is 1.19 bits per heavy atom. The second kappa shape index (κ2) is 4.83. The first kappa shape index (κ1) is 14.3. The van der Waals surface area contributed by atoms with Crippen LogP contribution in [0.1, 0.15) is 62.8 Å². The summed E-state index contributed by atoms with van der Waals surface area (Å²) in [5, 5.41) is 3.83. The predicted octanol–water partition coefficient (Wildman–Crippen LogP) is 4.99. The lowest BCUT2D eigenvalue weighted by molar-refractivity contribution is 0.378. The van der Waals surface area contributed by atoms with Crippen LogP contribution in [0.4, 0.5) is 0 Å². The summed E-state index contributed by atoms with van der Waals surface area (Å²) in [5.41, 5.74) is 0.290. The molecule has 3 aliphatic carbocycles. The molecule has 4 rings (SSSR count). The minimum atomic E-state index is 0.290. The Balaban J connectivity index is 1.57. The van der Waals surface area contributed by atoms with Gasteiger partial charge < -0.3 is 5.32 Å². The molecule has 2 heteroatoms. The van der Waals surface area contributed by atoms with Gasteiger partial charge in [0.25, 0.3) is 0 Å². The lowest BCUT2D eigenvalue weighted by Gasteiger charge is -2.21. The van der Waals surface area contributed by atoms with Crippen LogP contribution in [-0.2, 0) is 5.41 Å². The van der Waals surface area contributed by atoms with E-state index < -0.39 is 0 Å². The van der Waals surface area contributed by atoms with Crippen LogP contribution >= 0.6 is 11.3 Å². The summed E-state index contributed by atoms with van der Waals surface area (Å²) in [7, 11) is 0. The van der Waals surface area contributed by atoms with Gasteiger partial charge in [0.2, 0.25) is 0 Å². The minimum absolute atomic E-state index is 0.290. The molecule has 2 bridgehead atoms. The molecule has 21 heavy (non-hydrogen) atoms. The van der Waals surface area contributed by atoms with Gasteiger partial charge in [0.15, 0.2) is 0 Å². The lowest BCUT2D eigenvalue weighted by Crippen LogP contribution is -2.24. The molecular weight excluding hydrogens is 274 g/mol. The molecule has 1 nitrogen and oxygen atoms in total. The largest absolute Gasteiger partial charge is 0.309 e. The van der Waals surface area contributed by atoms with Crippen molar-refractivity contribution in [1.29, 1.82) is 0 Å². The number of fused-ring (bicyclic) bond motifs is 5. The van der Waals surface area contributed by atoms with Gasteiger partial charge in [0.1, 0.15) is 0 Å². The van der Waals surface area contributed by atoms with Gasteiger partial charge in [-0.1, -0.05) is 27.7 Å². The first-order chi connectivity index (χ1) is 10.0. The molecule has 1 aromatic heterocycles. The van der Waals surface area contributed by atoms with Crippen LogP contribution < -0.4 is 5.32 Å². The average Bonchev–Trinajstić information content (AvgIpc) is 2.86.